The van der Waals surface area contributed by atoms with Crippen molar-refractivity contribution in [1.82, 2.24) is 19.1 Å². The third-order valence-corrected chi connectivity index (χ3v) is 6.64. The lowest BCUT2D eigenvalue weighted by Crippen LogP contribution is -2.30. The van der Waals surface area contributed by atoms with E-state index in [1.807, 2.05) is 6.07 Å². The van der Waals surface area contributed by atoms with Gasteiger partial charge in [0.15, 0.2) is 5.82 Å². The van der Waals surface area contributed by atoms with Crippen LogP contribution in [0.25, 0.3) is 5.82 Å². The Kier molecular flexibility index (Phi) is 6.09. The van der Waals surface area contributed by atoms with Crippen molar-refractivity contribution in [2.45, 2.75) is 25.7 Å². The molecule has 0 aliphatic heterocycles. The number of pyridine rings is 1. The van der Waals surface area contributed by atoms with Gasteiger partial charge in [-0.2, -0.15) is 9.40 Å². The number of carbonyl (C=O) groups is 1. The molecule has 0 saturated carbocycles. The molecule has 1 amide bonds. The Morgan fingerprint density at radius 2 is 1.79 bits per heavy atom. The molecule has 0 saturated heterocycles. The van der Waals surface area contributed by atoms with Crippen LogP contribution in [0.4, 0.5) is 5.69 Å². The third-order valence-electron chi connectivity index (χ3n) is 4.58. The van der Waals surface area contributed by atoms with E-state index in [2.05, 4.69) is 15.4 Å². The maximum atomic E-state index is 12.7. The summed E-state index contributed by atoms with van der Waals surface area (Å²) in [5, 5.41) is 7.02. The highest BCUT2D eigenvalue weighted by atomic mass is 32.2. The Labute approximate surface area is 170 Å². The van der Waals surface area contributed by atoms with Gasteiger partial charge in [0.05, 0.1) is 22.3 Å². The fourth-order valence-electron chi connectivity index (χ4n) is 2.96. The minimum Gasteiger partial charge on any atom is -0.322 e. The fourth-order valence-corrected chi connectivity index (χ4v) is 4.42. The van der Waals surface area contributed by atoms with Crippen LogP contribution < -0.4 is 5.32 Å². The molecule has 3 rings (SSSR count). The zero-order valence-corrected chi connectivity index (χ0v) is 17.3. The second kappa shape index (κ2) is 8.54. The molecule has 9 heteroatoms. The van der Waals surface area contributed by atoms with Crippen LogP contribution in [-0.4, -0.2) is 46.5 Å². The lowest BCUT2D eigenvalue weighted by Gasteiger charge is -2.18. The van der Waals surface area contributed by atoms with Crippen LogP contribution in [0.1, 0.15) is 29.9 Å². The van der Waals surface area contributed by atoms with Crippen molar-refractivity contribution in [3.8, 4) is 5.82 Å². The van der Waals surface area contributed by atoms with Crippen LogP contribution in [-0.2, 0) is 10.0 Å². The minimum atomic E-state index is -3.53. The molecule has 8 nitrogen and oxygen atoms in total. The second-order valence-electron chi connectivity index (χ2n) is 6.31. The predicted octanol–water partition coefficient (Wildman–Crippen LogP) is 2.86. The summed E-state index contributed by atoms with van der Waals surface area (Å²) in [6.07, 6.45) is 3.14. The van der Waals surface area contributed by atoms with Crippen molar-refractivity contribution in [3.05, 3.63) is 66.1 Å². The summed E-state index contributed by atoms with van der Waals surface area (Å²) in [5.41, 5.74) is 1.57. The fraction of sp³-hybridized carbons (Fsp3) is 0.250. The average Bonchev–Trinajstić information content (AvgIpc) is 3.11. The number of aromatic nitrogens is 3. The van der Waals surface area contributed by atoms with Crippen molar-refractivity contribution in [3.63, 3.8) is 0 Å². The van der Waals surface area contributed by atoms with Gasteiger partial charge in [0.25, 0.3) is 5.91 Å². The van der Waals surface area contributed by atoms with E-state index in [4.69, 9.17) is 0 Å². The Morgan fingerprint density at radius 3 is 2.38 bits per heavy atom. The first-order chi connectivity index (χ1) is 13.9. The SMILES string of the molecule is CCN(CC)S(=O)(=O)c1ccc(NC(=O)c2cnn(-c3ccccn3)c2C)cc1. The number of amides is 1. The summed E-state index contributed by atoms with van der Waals surface area (Å²) in [6, 6.07) is 11.6. The lowest BCUT2D eigenvalue weighted by atomic mass is 10.2. The number of hydrogen-bond donors (Lipinski definition) is 1. The standard InChI is InChI=1S/C20H23N5O3S/c1-4-24(5-2)29(27,28)17-11-9-16(10-12-17)23-20(26)18-14-22-25(15(18)3)19-8-6-7-13-21-19/h6-14H,4-5H2,1-3H3,(H,23,26). The minimum absolute atomic E-state index is 0.193. The van der Waals surface area contributed by atoms with Gasteiger partial charge >= 0.3 is 0 Å². The van der Waals surface area contributed by atoms with Crippen molar-refractivity contribution in [2.24, 2.45) is 0 Å². The number of carbonyl (C=O) groups excluding carboxylic acids is 1. The van der Waals surface area contributed by atoms with Gasteiger partial charge in [-0.1, -0.05) is 19.9 Å². The smallest absolute Gasteiger partial charge is 0.259 e. The van der Waals surface area contributed by atoms with E-state index in [0.717, 1.165) is 0 Å². The number of sulfonamides is 1. The van der Waals surface area contributed by atoms with E-state index >= 15 is 0 Å². The van der Waals surface area contributed by atoms with Gasteiger partial charge in [-0.25, -0.2) is 18.1 Å². The molecule has 152 valence electrons. The number of benzene rings is 1. The predicted molar refractivity (Wildman–Crippen MR) is 111 cm³/mol. The summed E-state index contributed by atoms with van der Waals surface area (Å²) in [6.45, 7) is 6.18. The van der Waals surface area contributed by atoms with Crippen LogP contribution in [0, 0.1) is 6.92 Å². The summed E-state index contributed by atoms with van der Waals surface area (Å²) < 4.78 is 28.1. The molecule has 0 fully saturated rings. The molecule has 0 bridgehead atoms. The molecule has 0 spiro atoms. The molecule has 3 aromatic rings. The van der Waals surface area contributed by atoms with Gasteiger partial charge in [0.2, 0.25) is 10.0 Å². The summed E-state index contributed by atoms with van der Waals surface area (Å²) in [7, 11) is -3.53. The largest absolute Gasteiger partial charge is 0.322 e. The van der Waals surface area contributed by atoms with Crippen molar-refractivity contribution in [2.75, 3.05) is 18.4 Å². The maximum absolute atomic E-state index is 12.7. The topological polar surface area (TPSA) is 97.2 Å². The molecule has 2 heterocycles. The van der Waals surface area contributed by atoms with E-state index in [9.17, 15) is 13.2 Å². The molecular weight excluding hydrogens is 390 g/mol. The molecule has 0 radical (unpaired) electrons. The summed E-state index contributed by atoms with van der Waals surface area (Å²) in [5.74, 6) is 0.291. The second-order valence-corrected chi connectivity index (χ2v) is 8.25. The molecule has 0 aliphatic carbocycles. The van der Waals surface area contributed by atoms with Crippen molar-refractivity contribution < 1.29 is 13.2 Å². The number of anilines is 1. The van der Waals surface area contributed by atoms with E-state index < -0.39 is 10.0 Å². The molecule has 0 atom stereocenters. The van der Waals surface area contributed by atoms with Crippen molar-refractivity contribution in [1.29, 1.82) is 0 Å². The highest BCUT2D eigenvalue weighted by Gasteiger charge is 2.21. The summed E-state index contributed by atoms with van der Waals surface area (Å²) in [4.78, 5) is 17.1. The molecule has 1 aromatic carbocycles. The summed E-state index contributed by atoms with van der Waals surface area (Å²) >= 11 is 0. The quantitative estimate of drug-likeness (QED) is 0.642. The van der Waals surface area contributed by atoms with Gasteiger partial charge in [-0.3, -0.25) is 4.79 Å². The van der Waals surface area contributed by atoms with Crippen LogP contribution in [0.2, 0.25) is 0 Å². The van der Waals surface area contributed by atoms with E-state index in [0.29, 0.717) is 35.9 Å². The number of nitrogens with one attached hydrogen (secondary N) is 1. The maximum Gasteiger partial charge on any atom is 0.259 e. The molecule has 29 heavy (non-hydrogen) atoms. The Morgan fingerprint density at radius 1 is 1.10 bits per heavy atom. The van der Waals surface area contributed by atoms with Crippen LogP contribution >= 0.6 is 0 Å². The Bertz CT molecular complexity index is 1090. The first-order valence-electron chi connectivity index (χ1n) is 9.26. The van der Waals surface area contributed by atoms with Crippen molar-refractivity contribution >= 4 is 21.6 Å². The highest BCUT2D eigenvalue weighted by Crippen LogP contribution is 2.19. The molecule has 2 aromatic heterocycles. The number of nitrogens with zero attached hydrogens (tertiary/aromatic N) is 4. The molecule has 1 N–H and O–H groups in total. The third kappa shape index (κ3) is 4.20. The lowest BCUT2D eigenvalue weighted by molar-refractivity contribution is 0.102. The van der Waals surface area contributed by atoms with Gasteiger partial charge < -0.3 is 5.32 Å². The van der Waals surface area contributed by atoms with E-state index in [-0.39, 0.29) is 10.8 Å². The molecule has 0 unspecified atom stereocenters. The highest BCUT2D eigenvalue weighted by molar-refractivity contribution is 7.89. The van der Waals surface area contributed by atoms with Gasteiger partial charge in [-0.05, 0) is 43.3 Å². The van der Waals surface area contributed by atoms with E-state index in [1.165, 1.54) is 22.6 Å². The van der Waals surface area contributed by atoms with E-state index in [1.54, 1.807) is 55.9 Å². The van der Waals surface area contributed by atoms with Crippen LogP contribution in [0.3, 0.4) is 0 Å². The Hall–Kier alpha value is -3.04. The monoisotopic (exact) mass is 413 g/mol. The van der Waals surface area contributed by atoms with Gasteiger partial charge in [-0.15, -0.1) is 0 Å². The first-order valence-corrected chi connectivity index (χ1v) is 10.7. The van der Waals surface area contributed by atoms with Crippen LogP contribution in [0.5, 0.6) is 0 Å². The normalized spacial score (nSPS) is 11.6. The Balaban J connectivity index is 1.78. The molecule has 0 aliphatic rings. The average molecular weight is 414 g/mol. The van der Waals surface area contributed by atoms with Crippen LogP contribution in [0.15, 0.2) is 59.8 Å². The first kappa shape index (κ1) is 20.7. The number of rotatable bonds is 7. The molecular formula is C20H23N5O3S. The number of hydrogen-bond acceptors (Lipinski definition) is 5. The zero-order chi connectivity index (χ0) is 21.0. The zero-order valence-electron chi connectivity index (χ0n) is 16.5. The van der Waals surface area contributed by atoms with Gasteiger partial charge in [0, 0.05) is 25.0 Å². The van der Waals surface area contributed by atoms with Gasteiger partial charge in [0.1, 0.15) is 0 Å².